The average Bonchev–Trinajstić information content (AvgIpc) is 2.78. The molecule has 1 fully saturated rings. The lowest BCUT2D eigenvalue weighted by molar-refractivity contribution is -0.139. The zero-order chi connectivity index (χ0) is 10.8. The molecule has 2 bridgehead atoms. The van der Waals surface area contributed by atoms with Crippen LogP contribution in [0.5, 0.6) is 0 Å². The van der Waals surface area contributed by atoms with Crippen molar-refractivity contribution in [2.45, 2.75) is 26.2 Å². The third-order valence-corrected chi connectivity index (χ3v) is 3.49. The number of hydrogen-bond donors (Lipinski definition) is 0. The smallest absolute Gasteiger partial charge is 0.333 e. The van der Waals surface area contributed by atoms with Gasteiger partial charge in [0.2, 0.25) is 0 Å². The number of allylic oxidation sites excluding steroid dienone is 2. The van der Waals surface area contributed by atoms with Gasteiger partial charge in [-0.05, 0) is 43.9 Å². The van der Waals surface area contributed by atoms with Crippen molar-refractivity contribution in [2.24, 2.45) is 17.8 Å². The number of carbonyl (C=O) groups is 1. The summed E-state index contributed by atoms with van der Waals surface area (Å²) >= 11 is 0. The second kappa shape index (κ2) is 4.21. The Morgan fingerprint density at radius 1 is 1.47 bits per heavy atom. The molecule has 0 N–H and O–H groups in total. The third-order valence-electron chi connectivity index (χ3n) is 3.49. The fraction of sp³-hybridized carbons (Fsp3) is 0.615. The van der Waals surface area contributed by atoms with E-state index in [-0.39, 0.29) is 5.97 Å². The van der Waals surface area contributed by atoms with Crippen molar-refractivity contribution in [3.63, 3.8) is 0 Å². The molecule has 0 aromatic carbocycles. The monoisotopic (exact) mass is 206 g/mol. The first-order valence-electron chi connectivity index (χ1n) is 5.68. The highest BCUT2D eigenvalue weighted by molar-refractivity contribution is 5.86. The van der Waals surface area contributed by atoms with Gasteiger partial charge in [0.1, 0.15) is 0 Å². The largest absolute Gasteiger partial charge is 0.462 e. The van der Waals surface area contributed by atoms with Crippen molar-refractivity contribution < 1.29 is 9.53 Å². The zero-order valence-electron chi connectivity index (χ0n) is 9.24. The van der Waals surface area contributed by atoms with Crippen molar-refractivity contribution in [1.29, 1.82) is 0 Å². The fourth-order valence-corrected chi connectivity index (χ4v) is 2.65. The standard InChI is InChI=1S/C13H18O2/c1-9(2)13(14)15-6-5-12-8-10-3-4-11(12)7-10/h3-4,10-12H,1,5-8H2,2H3. The van der Waals surface area contributed by atoms with E-state index >= 15 is 0 Å². The summed E-state index contributed by atoms with van der Waals surface area (Å²) in [6.45, 7) is 5.79. The van der Waals surface area contributed by atoms with Crippen LogP contribution in [0.2, 0.25) is 0 Å². The summed E-state index contributed by atoms with van der Waals surface area (Å²) in [6, 6.07) is 0. The molecular formula is C13H18O2. The highest BCUT2D eigenvalue weighted by atomic mass is 16.5. The lowest BCUT2D eigenvalue weighted by Crippen LogP contribution is -2.13. The fourth-order valence-electron chi connectivity index (χ4n) is 2.65. The van der Waals surface area contributed by atoms with Crippen molar-refractivity contribution in [3.8, 4) is 0 Å². The molecule has 82 valence electrons. The minimum Gasteiger partial charge on any atom is -0.462 e. The van der Waals surface area contributed by atoms with Crippen molar-refractivity contribution in [1.82, 2.24) is 0 Å². The molecule has 0 heterocycles. The Hall–Kier alpha value is -1.05. The lowest BCUT2D eigenvalue weighted by atomic mass is 9.91. The van der Waals surface area contributed by atoms with Gasteiger partial charge >= 0.3 is 5.97 Å². The van der Waals surface area contributed by atoms with E-state index in [0.717, 1.165) is 24.2 Å². The number of fused-ring (bicyclic) bond motifs is 2. The van der Waals surface area contributed by atoms with Gasteiger partial charge in [0.25, 0.3) is 0 Å². The topological polar surface area (TPSA) is 26.3 Å². The molecule has 1 saturated carbocycles. The first kappa shape index (κ1) is 10.5. The van der Waals surface area contributed by atoms with E-state index in [9.17, 15) is 4.79 Å². The minimum atomic E-state index is -0.256. The van der Waals surface area contributed by atoms with Crippen molar-refractivity contribution in [3.05, 3.63) is 24.3 Å². The number of ether oxygens (including phenoxy) is 1. The van der Waals surface area contributed by atoms with Crippen LogP contribution in [-0.4, -0.2) is 12.6 Å². The predicted octanol–water partition coefficient (Wildman–Crippen LogP) is 2.71. The first-order valence-corrected chi connectivity index (χ1v) is 5.68. The van der Waals surface area contributed by atoms with Crippen LogP contribution >= 0.6 is 0 Å². The Balaban J connectivity index is 1.69. The molecule has 0 amide bonds. The maximum absolute atomic E-state index is 11.1. The zero-order valence-corrected chi connectivity index (χ0v) is 9.24. The van der Waals surface area contributed by atoms with E-state index in [1.165, 1.54) is 12.8 Å². The Morgan fingerprint density at radius 3 is 2.80 bits per heavy atom. The first-order chi connectivity index (χ1) is 7.16. The van der Waals surface area contributed by atoms with Crippen LogP contribution in [0.25, 0.3) is 0 Å². The molecule has 3 unspecified atom stereocenters. The summed E-state index contributed by atoms with van der Waals surface area (Å²) in [6.07, 6.45) is 8.27. The highest BCUT2D eigenvalue weighted by Gasteiger charge is 2.35. The molecule has 0 radical (unpaired) electrons. The number of rotatable bonds is 4. The van der Waals surface area contributed by atoms with Gasteiger partial charge in [-0.1, -0.05) is 18.7 Å². The van der Waals surface area contributed by atoms with Gasteiger partial charge in [0, 0.05) is 5.57 Å². The normalized spacial score (nSPS) is 31.9. The summed E-state index contributed by atoms with van der Waals surface area (Å²) in [5.41, 5.74) is 0.489. The van der Waals surface area contributed by atoms with Gasteiger partial charge in [-0.2, -0.15) is 0 Å². The van der Waals surface area contributed by atoms with Crippen molar-refractivity contribution >= 4 is 5.97 Å². The Bertz CT molecular complexity index is 304. The molecule has 0 saturated heterocycles. The van der Waals surface area contributed by atoms with Gasteiger partial charge < -0.3 is 4.74 Å². The van der Waals surface area contributed by atoms with Gasteiger partial charge in [0.15, 0.2) is 0 Å². The third kappa shape index (κ3) is 2.31. The van der Waals surface area contributed by atoms with E-state index < -0.39 is 0 Å². The van der Waals surface area contributed by atoms with Crippen LogP contribution in [0.3, 0.4) is 0 Å². The number of hydrogen-bond acceptors (Lipinski definition) is 2. The molecule has 2 rings (SSSR count). The lowest BCUT2D eigenvalue weighted by Gasteiger charge is -2.17. The molecule has 0 aliphatic heterocycles. The minimum absolute atomic E-state index is 0.256. The molecule has 0 aromatic rings. The van der Waals surface area contributed by atoms with E-state index in [1.54, 1.807) is 6.92 Å². The van der Waals surface area contributed by atoms with Crippen molar-refractivity contribution in [2.75, 3.05) is 6.61 Å². The number of carbonyl (C=O) groups excluding carboxylic acids is 1. The summed E-state index contributed by atoms with van der Waals surface area (Å²) in [7, 11) is 0. The van der Waals surface area contributed by atoms with Crippen LogP contribution in [-0.2, 0) is 9.53 Å². The molecule has 2 nitrogen and oxygen atoms in total. The summed E-state index contributed by atoms with van der Waals surface area (Å²) < 4.78 is 5.11. The van der Waals surface area contributed by atoms with E-state index in [2.05, 4.69) is 18.7 Å². The average molecular weight is 206 g/mol. The molecule has 2 aliphatic carbocycles. The highest BCUT2D eigenvalue weighted by Crippen LogP contribution is 2.44. The Morgan fingerprint density at radius 2 is 2.27 bits per heavy atom. The molecule has 3 atom stereocenters. The number of esters is 1. The van der Waals surface area contributed by atoms with Gasteiger partial charge in [-0.3, -0.25) is 0 Å². The maximum Gasteiger partial charge on any atom is 0.333 e. The summed E-state index contributed by atoms with van der Waals surface area (Å²) in [4.78, 5) is 11.1. The van der Waals surface area contributed by atoms with E-state index in [0.29, 0.717) is 12.2 Å². The maximum atomic E-state index is 11.1. The van der Waals surface area contributed by atoms with Crippen LogP contribution in [0.15, 0.2) is 24.3 Å². The Labute approximate surface area is 91.0 Å². The predicted molar refractivity (Wildman–Crippen MR) is 59.2 cm³/mol. The summed E-state index contributed by atoms with van der Waals surface area (Å²) in [5, 5.41) is 0. The molecule has 15 heavy (non-hydrogen) atoms. The van der Waals surface area contributed by atoms with Gasteiger partial charge in [-0.25, -0.2) is 4.79 Å². The molecule has 2 heteroatoms. The Kier molecular flexibility index (Phi) is 2.94. The SMILES string of the molecule is C=C(C)C(=O)OCCC1CC2C=CC1C2. The van der Waals surface area contributed by atoms with Crippen LogP contribution in [0, 0.1) is 17.8 Å². The van der Waals surface area contributed by atoms with Gasteiger partial charge in [-0.15, -0.1) is 0 Å². The molecule has 0 aromatic heterocycles. The van der Waals surface area contributed by atoms with Gasteiger partial charge in [0.05, 0.1) is 6.61 Å². The molecule has 2 aliphatic rings. The van der Waals surface area contributed by atoms with Crippen LogP contribution in [0.1, 0.15) is 26.2 Å². The molecular weight excluding hydrogens is 188 g/mol. The second-order valence-corrected chi connectivity index (χ2v) is 4.75. The van der Waals surface area contributed by atoms with Crippen LogP contribution < -0.4 is 0 Å². The second-order valence-electron chi connectivity index (χ2n) is 4.75. The summed E-state index contributed by atoms with van der Waals surface area (Å²) in [5.74, 6) is 2.03. The van der Waals surface area contributed by atoms with Crippen LogP contribution in [0.4, 0.5) is 0 Å². The quantitative estimate of drug-likeness (QED) is 0.401. The van der Waals surface area contributed by atoms with E-state index in [1.807, 2.05) is 0 Å². The molecule has 0 spiro atoms. The van der Waals surface area contributed by atoms with E-state index in [4.69, 9.17) is 4.74 Å².